The van der Waals surface area contributed by atoms with Crippen molar-refractivity contribution < 1.29 is 9.90 Å². The van der Waals surface area contributed by atoms with Gasteiger partial charge in [0, 0.05) is 5.69 Å². The Morgan fingerprint density at radius 1 is 1.26 bits per heavy atom. The van der Waals surface area contributed by atoms with E-state index in [4.69, 9.17) is 0 Å². The number of aryl methyl sites for hydroxylation is 2. The topological polar surface area (TPSA) is 85.8 Å². The molecule has 0 bridgehead atoms. The molecule has 3 rings (SSSR count). The Hall–Kier alpha value is -2.80. The Labute approximate surface area is 133 Å². The number of nitrogens with zero attached hydrogens (tertiary/aromatic N) is 5. The first-order valence-corrected chi connectivity index (χ1v) is 7.25. The first kappa shape index (κ1) is 15.1. The number of carbonyl (C=O) groups excluding carboxylic acids is 1. The quantitative estimate of drug-likeness (QED) is 0.789. The molecular weight excluding hydrogens is 294 g/mol. The summed E-state index contributed by atoms with van der Waals surface area (Å²) in [7, 11) is 0. The van der Waals surface area contributed by atoms with E-state index in [-0.39, 0.29) is 18.1 Å². The van der Waals surface area contributed by atoms with Crippen LogP contribution in [0.5, 0.6) is 0 Å². The van der Waals surface area contributed by atoms with Crippen molar-refractivity contribution in [2.24, 2.45) is 0 Å². The van der Waals surface area contributed by atoms with Crippen molar-refractivity contribution in [2.45, 2.75) is 26.5 Å². The highest BCUT2D eigenvalue weighted by atomic mass is 16.3. The molecule has 0 saturated carbocycles. The highest BCUT2D eigenvalue weighted by Crippen LogP contribution is 2.14. The second-order valence-corrected chi connectivity index (χ2v) is 5.40. The van der Waals surface area contributed by atoms with Crippen molar-refractivity contribution in [1.82, 2.24) is 24.8 Å². The summed E-state index contributed by atoms with van der Waals surface area (Å²) in [6.45, 7) is 3.85. The zero-order chi connectivity index (χ0) is 16.4. The molecular formula is C16H17N5O2. The molecule has 0 radical (unpaired) electrons. The van der Waals surface area contributed by atoms with Gasteiger partial charge in [0.15, 0.2) is 5.69 Å². The predicted octanol–water partition coefficient (Wildman–Crippen LogP) is 1.51. The van der Waals surface area contributed by atoms with Crippen LogP contribution in [-0.2, 0) is 6.54 Å². The maximum atomic E-state index is 12.4. The minimum atomic E-state index is -0.713. The highest BCUT2D eigenvalue weighted by molar-refractivity contribution is 5.93. The Morgan fingerprint density at radius 2 is 2.00 bits per heavy atom. The highest BCUT2D eigenvalue weighted by Gasteiger charge is 2.17. The molecule has 0 fully saturated rings. The molecule has 1 N–H and O–H groups in total. The van der Waals surface area contributed by atoms with E-state index in [0.29, 0.717) is 0 Å². The Bertz CT molecular complexity index is 822. The molecule has 118 valence electrons. The lowest BCUT2D eigenvalue weighted by molar-refractivity contribution is 0.0937. The third-order valence-corrected chi connectivity index (χ3v) is 3.50. The third kappa shape index (κ3) is 3.19. The molecule has 0 aliphatic heterocycles. The van der Waals surface area contributed by atoms with E-state index in [1.807, 2.05) is 50.2 Å². The SMILES string of the molecule is Cc1cc(C)n(C(=O)c2cn(C[C@@H](O)c3ccccc3)nn2)n1. The van der Waals surface area contributed by atoms with Crippen molar-refractivity contribution in [3.8, 4) is 0 Å². The van der Waals surface area contributed by atoms with Gasteiger partial charge in [-0.05, 0) is 25.5 Å². The first-order valence-electron chi connectivity index (χ1n) is 7.25. The fraction of sp³-hybridized carbons (Fsp3) is 0.250. The molecule has 2 aromatic heterocycles. The number of aliphatic hydroxyl groups excluding tert-OH is 1. The summed E-state index contributed by atoms with van der Waals surface area (Å²) in [4.78, 5) is 12.4. The summed E-state index contributed by atoms with van der Waals surface area (Å²) in [5.41, 5.74) is 2.49. The van der Waals surface area contributed by atoms with Crippen molar-refractivity contribution in [3.05, 3.63) is 65.2 Å². The minimum Gasteiger partial charge on any atom is -0.386 e. The minimum absolute atomic E-state index is 0.191. The lowest BCUT2D eigenvalue weighted by Gasteiger charge is -2.09. The molecule has 7 heteroatoms. The number of hydrogen-bond donors (Lipinski definition) is 1. The number of aromatic nitrogens is 5. The monoisotopic (exact) mass is 311 g/mol. The average Bonchev–Trinajstić information content (AvgIpc) is 3.14. The maximum Gasteiger partial charge on any atom is 0.300 e. The fourth-order valence-electron chi connectivity index (χ4n) is 2.39. The molecule has 0 unspecified atom stereocenters. The van der Waals surface area contributed by atoms with Gasteiger partial charge in [0.25, 0.3) is 0 Å². The van der Waals surface area contributed by atoms with E-state index in [1.54, 1.807) is 0 Å². The van der Waals surface area contributed by atoms with Gasteiger partial charge < -0.3 is 5.11 Å². The summed E-state index contributed by atoms with van der Waals surface area (Å²) in [5, 5.41) is 22.1. The van der Waals surface area contributed by atoms with Crippen molar-refractivity contribution in [2.75, 3.05) is 0 Å². The molecule has 0 spiro atoms. The molecule has 2 heterocycles. The van der Waals surface area contributed by atoms with Crippen molar-refractivity contribution in [3.63, 3.8) is 0 Å². The van der Waals surface area contributed by atoms with E-state index in [2.05, 4.69) is 15.4 Å². The van der Waals surface area contributed by atoms with E-state index in [0.717, 1.165) is 17.0 Å². The van der Waals surface area contributed by atoms with Gasteiger partial charge in [-0.3, -0.25) is 4.79 Å². The molecule has 3 aromatic rings. The van der Waals surface area contributed by atoms with Crippen LogP contribution in [0.3, 0.4) is 0 Å². The van der Waals surface area contributed by atoms with Crippen molar-refractivity contribution in [1.29, 1.82) is 0 Å². The van der Waals surface area contributed by atoms with Crippen LogP contribution < -0.4 is 0 Å². The van der Waals surface area contributed by atoms with Gasteiger partial charge in [-0.1, -0.05) is 35.5 Å². The van der Waals surface area contributed by atoms with Crippen LogP contribution in [0.15, 0.2) is 42.6 Å². The van der Waals surface area contributed by atoms with Gasteiger partial charge in [-0.15, -0.1) is 5.10 Å². The summed E-state index contributed by atoms with van der Waals surface area (Å²) < 4.78 is 2.76. The lowest BCUT2D eigenvalue weighted by Crippen LogP contribution is -2.15. The van der Waals surface area contributed by atoms with Crippen LogP contribution in [-0.4, -0.2) is 35.8 Å². The molecule has 0 aliphatic carbocycles. The Kier molecular flexibility index (Phi) is 4.03. The third-order valence-electron chi connectivity index (χ3n) is 3.50. The summed E-state index contributed by atoms with van der Waals surface area (Å²) >= 11 is 0. The average molecular weight is 311 g/mol. The van der Waals surface area contributed by atoms with E-state index < -0.39 is 6.10 Å². The van der Waals surface area contributed by atoms with Crippen LogP contribution in [0.2, 0.25) is 0 Å². The Morgan fingerprint density at radius 3 is 2.65 bits per heavy atom. The van der Waals surface area contributed by atoms with Crippen LogP contribution in [0.1, 0.15) is 33.5 Å². The molecule has 1 atom stereocenters. The number of carbonyl (C=O) groups is 1. The first-order chi connectivity index (χ1) is 11.0. The number of benzene rings is 1. The normalized spacial score (nSPS) is 12.3. The van der Waals surface area contributed by atoms with Gasteiger partial charge in [-0.25, -0.2) is 4.68 Å². The van der Waals surface area contributed by atoms with Gasteiger partial charge in [0.05, 0.1) is 24.5 Å². The van der Waals surface area contributed by atoms with E-state index in [1.165, 1.54) is 15.6 Å². The molecule has 0 amide bonds. The predicted molar refractivity (Wildman–Crippen MR) is 82.9 cm³/mol. The maximum absolute atomic E-state index is 12.4. The molecule has 7 nitrogen and oxygen atoms in total. The molecule has 0 aliphatic rings. The fourth-order valence-corrected chi connectivity index (χ4v) is 2.39. The lowest BCUT2D eigenvalue weighted by atomic mass is 10.1. The van der Waals surface area contributed by atoms with Crippen LogP contribution in [0.25, 0.3) is 0 Å². The smallest absolute Gasteiger partial charge is 0.300 e. The van der Waals surface area contributed by atoms with Gasteiger partial charge in [0.2, 0.25) is 0 Å². The molecule has 0 saturated heterocycles. The summed E-state index contributed by atoms with van der Waals surface area (Å²) in [6.07, 6.45) is 0.805. The second kappa shape index (κ2) is 6.13. The number of rotatable bonds is 4. The molecule has 1 aromatic carbocycles. The van der Waals surface area contributed by atoms with Crippen LogP contribution >= 0.6 is 0 Å². The largest absolute Gasteiger partial charge is 0.386 e. The second-order valence-electron chi connectivity index (χ2n) is 5.40. The Balaban J connectivity index is 1.75. The van der Waals surface area contributed by atoms with E-state index in [9.17, 15) is 9.90 Å². The molecule has 23 heavy (non-hydrogen) atoms. The van der Waals surface area contributed by atoms with Gasteiger partial charge >= 0.3 is 5.91 Å². The number of hydrogen-bond acceptors (Lipinski definition) is 5. The zero-order valence-corrected chi connectivity index (χ0v) is 12.9. The van der Waals surface area contributed by atoms with Crippen LogP contribution in [0, 0.1) is 13.8 Å². The summed E-state index contributed by atoms with van der Waals surface area (Å²) in [5.74, 6) is -0.337. The van der Waals surface area contributed by atoms with Gasteiger partial charge in [0.1, 0.15) is 0 Å². The zero-order valence-electron chi connectivity index (χ0n) is 12.9. The van der Waals surface area contributed by atoms with Crippen LogP contribution in [0.4, 0.5) is 0 Å². The van der Waals surface area contributed by atoms with Crippen molar-refractivity contribution >= 4 is 5.91 Å². The van der Waals surface area contributed by atoms with E-state index >= 15 is 0 Å². The summed E-state index contributed by atoms with van der Waals surface area (Å²) in [6, 6.07) is 11.1. The van der Waals surface area contributed by atoms with Gasteiger partial charge in [-0.2, -0.15) is 9.78 Å². The number of aliphatic hydroxyl groups is 1. The standard InChI is InChI=1S/C16H17N5O2/c1-11-8-12(2)21(18-11)16(23)14-9-20(19-17-14)10-15(22)13-6-4-3-5-7-13/h3-9,15,22H,10H2,1-2H3/t15-/m1/s1.